The average molecular weight is 335 g/mol. The Morgan fingerprint density at radius 1 is 1.20 bits per heavy atom. The van der Waals surface area contributed by atoms with E-state index in [1.165, 1.54) is 16.7 Å². The van der Waals surface area contributed by atoms with Crippen LogP contribution in [-0.4, -0.2) is 33.4 Å². The van der Waals surface area contributed by atoms with Crippen LogP contribution in [0, 0.1) is 0 Å². The predicted molar refractivity (Wildman–Crippen MR) is 94.9 cm³/mol. The third-order valence-corrected chi connectivity index (χ3v) is 4.62. The van der Waals surface area contributed by atoms with Crippen LogP contribution in [0.5, 0.6) is 5.75 Å². The van der Waals surface area contributed by atoms with Crippen LogP contribution >= 0.6 is 0 Å². The van der Waals surface area contributed by atoms with Crippen molar-refractivity contribution in [3.63, 3.8) is 0 Å². The monoisotopic (exact) mass is 335 g/mol. The molecule has 0 unspecified atom stereocenters. The predicted octanol–water partition coefficient (Wildman–Crippen LogP) is 2.49. The lowest BCUT2D eigenvalue weighted by molar-refractivity contribution is 0.357. The molecule has 0 bridgehead atoms. The van der Waals surface area contributed by atoms with E-state index in [1.54, 1.807) is 11.0 Å². The molecule has 2 aromatic carbocycles. The summed E-state index contributed by atoms with van der Waals surface area (Å²) in [5, 5.41) is 14.8. The van der Waals surface area contributed by atoms with E-state index < -0.39 is 0 Å². The maximum absolute atomic E-state index is 5.56. The van der Waals surface area contributed by atoms with Crippen molar-refractivity contribution in [1.29, 1.82) is 0 Å². The van der Waals surface area contributed by atoms with Gasteiger partial charge in [-0.15, -0.1) is 5.10 Å². The van der Waals surface area contributed by atoms with E-state index in [4.69, 9.17) is 4.74 Å². The second kappa shape index (κ2) is 7.03. The van der Waals surface area contributed by atoms with Gasteiger partial charge in [-0.05, 0) is 65.2 Å². The van der Waals surface area contributed by atoms with E-state index in [0.717, 1.165) is 37.4 Å². The van der Waals surface area contributed by atoms with E-state index in [2.05, 4.69) is 58.1 Å². The molecular formula is C19H21N5O. The first-order valence-electron chi connectivity index (χ1n) is 8.61. The molecule has 0 saturated heterocycles. The van der Waals surface area contributed by atoms with Crippen molar-refractivity contribution in [2.24, 2.45) is 0 Å². The number of benzene rings is 2. The highest BCUT2D eigenvalue weighted by atomic mass is 16.5. The van der Waals surface area contributed by atoms with Crippen LogP contribution in [0.4, 0.5) is 0 Å². The Hall–Kier alpha value is -2.73. The number of hydrogen-bond donors (Lipinski definition) is 1. The van der Waals surface area contributed by atoms with Crippen LogP contribution in [0.3, 0.4) is 0 Å². The molecule has 1 aliphatic heterocycles. The SMILES string of the molecule is C[C@H](NCCc1ccc2c(c1)CCO2)c1ccc(-n2cnnn2)cc1. The normalized spacial score (nSPS) is 14.1. The van der Waals surface area contributed by atoms with Crippen LogP contribution in [0.25, 0.3) is 5.69 Å². The van der Waals surface area contributed by atoms with E-state index in [9.17, 15) is 0 Å². The summed E-state index contributed by atoms with van der Waals surface area (Å²) in [4.78, 5) is 0. The van der Waals surface area contributed by atoms with Gasteiger partial charge < -0.3 is 10.1 Å². The molecule has 0 aliphatic carbocycles. The number of rotatable bonds is 6. The maximum atomic E-state index is 5.56. The van der Waals surface area contributed by atoms with Gasteiger partial charge in [0.25, 0.3) is 0 Å². The van der Waals surface area contributed by atoms with Crippen molar-refractivity contribution < 1.29 is 4.74 Å². The quantitative estimate of drug-likeness (QED) is 0.750. The fourth-order valence-corrected chi connectivity index (χ4v) is 3.14. The number of nitrogens with zero attached hydrogens (tertiary/aromatic N) is 4. The molecule has 1 N–H and O–H groups in total. The molecule has 3 aromatic rings. The summed E-state index contributed by atoms with van der Waals surface area (Å²) in [5.41, 5.74) is 4.90. The molecule has 1 aromatic heterocycles. The van der Waals surface area contributed by atoms with Crippen LogP contribution in [0.2, 0.25) is 0 Å². The molecule has 128 valence electrons. The van der Waals surface area contributed by atoms with Crippen molar-refractivity contribution in [3.8, 4) is 11.4 Å². The van der Waals surface area contributed by atoms with Gasteiger partial charge in [-0.3, -0.25) is 0 Å². The van der Waals surface area contributed by atoms with Gasteiger partial charge in [0.15, 0.2) is 0 Å². The molecule has 25 heavy (non-hydrogen) atoms. The summed E-state index contributed by atoms with van der Waals surface area (Å²) in [6.07, 6.45) is 3.64. The molecule has 4 rings (SSSR count). The fourth-order valence-electron chi connectivity index (χ4n) is 3.14. The maximum Gasteiger partial charge on any atom is 0.143 e. The minimum absolute atomic E-state index is 0.292. The molecule has 6 nitrogen and oxygen atoms in total. The highest BCUT2D eigenvalue weighted by Crippen LogP contribution is 2.26. The molecule has 0 spiro atoms. The number of tetrazole rings is 1. The molecule has 0 saturated carbocycles. The van der Waals surface area contributed by atoms with Crippen molar-refractivity contribution in [2.75, 3.05) is 13.2 Å². The van der Waals surface area contributed by atoms with Gasteiger partial charge in [-0.25, -0.2) is 4.68 Å². The van der Waals surface area contributed by atoms with E-state index in [0.29, 0.717) is 6.04 Å². The zero-order chi connectivity index (χ0) is 17.1. The zero-order valence-corrected chi connectivity index (χ0v) is 14.2. The third kappa shape index (κ3) is 3.53. The lowest BCUT2D eigenvalue weighted by Crippen LogP contribution is -2.21. The molecule has 2 heterocycles. The first-order valence-corrected chi connectivity index (χ1v) is 8.61. The van der Waals surface area contributed by atoms with Gasteiger partial charge in [0.2, 0.25) is 0 Å². The van der Waals surface area contributed by atoms with Crippen molar-refractivity contribution in [1.82, 2.24) is 25.5 Å². The summed E-state index contributed by atoms with van der Waals surface area (Å²) >= 11 is 0. The molecule has 1 atom stereocenters. The van der Waals surface area contributed by atoms with E-state index in [1.807, 2.05) is 12.1 Å². The van der Waals surface area contributed by atoms with Crippen molar-refractivity contribution in [2.45, 2.75) is 25.8 Å². The van der Waals surface area contributed by atoms with Gasteiger partial charge >= 0.3 is 0 Å². The Balaban J connectivity index is 1.32. The van der Waals surface area contributed by atoms with Gasteiger partial charge in [0.05, 0.1) is 12.3 Å². The number of aromatic nitrogens is 4. The minimum atomic E-state index is 0.292. The Kier molecular flexibility index (Phi) is 4.43. The Morgan fingerprint density at radius 2 is 2.08 bits per heavy atom. The van der Waals surface area contributed by atoms with E-state index >= 15 is 0 Å². The second-order valence-electron chi connectivity index (χ2n) is 6.31. The van der Waals surface area contributed by atoms with Crippen LogP contribution in [0.1, 0.15) is 29.7 Å². The standard InChI is InChI=1S/C19H21N5O/c1-14(16-3-5-18(6-4-16)24-13-21-22-23-24)20-10-8-15-2-7-19-17(12-15)9-11-25-19/h2-7,12-14,20H,8-11H2,1H3/t14-/m0/s1. The Morgan fingerprint density at radius 3 is 2.88 bits per heavy atom. The first-order chi connectivity index (χ1) is 12.3. The largest absolute Gasteiger partial charge is 0.493 e. The summed E-state index contributed by atoms with van der Waals surface area (Å²) in [6, 6.07) is 15.1. The lowest BCUT2D eigenvalue weighted by Gasteiger charge is -2.15. The second-order valence-corrected chi connectivity index (χ2v) is 6.31. The highest BCUT2D eigenvalue weighted by Gasteiger charge is 2.12. The summed E-state index contributed by atoms with van der Waals surface area (Å²) < 4.78 is 7.21. The van der Waals surface area contributed by atoms with Gasteiger partial charge in [0, 0.05) is 12.5 Å². The minimum Gasteiger partial charge on any atom is -0.493 e. The number of ether oxygens (including phenoxy) is 1. The average Bonchev–Trinajstić information content (AvgIpc) is 3.33. The van der Waals surface area contributed by atoms with Crippen LogP contribution in [-0.2, 0) is 12.8 Å². The topological polar surface area (TPSA) is 64.9 Å². The lowest BCUT2D eigenvalue weighted by atomic mass is 10.1. The highest BCUT2D eigenvalue weighted by molar-refractivity contribution is 5.40. The van der Waals surface area contributed by atoms with Crippen LogP contribution in [0.15, 0.2) is 48.8 Å². The molecule has 0 amide bonds. The van der Waals surface area contributed by atoms with Crippen LogP contribution < -0.4 is 10.1 Å². The van der Waals surface area contributed by atoms with E-state index in [-0.39, 0.29) is 0 Å². The van der Waals surface area contributed by atoms with Gasteiger partial charge in [0.1, 0.15) is 12.1 Å². The summed E-state index contributed by atoms with van der Waals surface area (Å²) in [5.74, 6) is 1.05. The summed E-state index contributed by atoms with van der Waals surface area (Å²) in [6.45, 7) is 3.94. The fraction of sp³-hybridized carbons (Fsp3) is 0.316. The molecular weight excluding hydrogens is 314 g/mol. The number of fused-ring (bicyclic) bond motifs is 1. The molecule has 0 radical (unpaired) electrons. The smallest absolute Gasteiger partial charge is 0.143 e. The zero-order valence-electron chi connectivity index (χ0n) is 14.2. The molecule has 0 fully saturated rings. The Bertz CT molecular complexity index is 830. The summed E-state index contributed by atoms with van der Waals surface area (Å²) in [7, 11) is 0. The molecule has 6 heteroatoms. The van der Waals surface area contributed by atoms with Gasteiger partial charge in [-0.2, -0.15) is 0 Å². The number of nitrogens with one attached hydrogen (secondary N) is 1. The Labute approximate surface area is 146 Å². The molecule has 1 aliphatic rings. The first kappa shape index (κ1) is 15.8. The van der Waals surface area contributed by atoms with Crippen molar-refractivity contribution >= 4 is 0 Å². The van der Waals surface area contributed by atoms with Gasteiger partial charge in [-0.1, -0.05) is 24.3 Å². The number of hydrogen-bond acceptors (Lipinski definition) is 5. The third-order valence-electron chi connectivity index (χ3n) is 4.62. The van der Waals surface area contributed by atoms with Crippen molar-refractivity contribution in [3.05, 3.63) is 65.5 Å².